The molecule has 1 aromatic rings. The summed E-state index contributed by atoms with van der Waals surface area (Å²) in [5, 5.41) is 18.6. The van der Waals surface area contributed by atoms with Crippen molar-refractivity contribution in [3.8, 4) is 0 Å². The third-order valence-electron chi connectivity index (χ3n) is 2.71. The van der Waals surface area contributed by atoms with Crippen molar-refractivity contribution in [2.24, 2.45) is 0 Å². The van der Waals surface area contributed by atoms with E-state index in [-0.39, 0.29) is 13.1 Å². The second-order valence-electron chi connectivity index (χ2n) is 3.97. The number of rotatable bonds is 1. The Balaban J connectivity index is 2.23. The van der Waals surface area contributed by atoms with Gasteiger partial charge in [0.15, 0.2) is 0 Å². The third-order valence-corrected chi connectivity index (χ3v) is 2.71. The van der Waals surface area contributed by atoms with Crippen LogP contribution in [0.1, 0.15) is 10.4 Å². The highest BCUT2D eigenvalue weighted by molar-refractivity contribution is 5.94. The number of carbonyl (C=O) groups excluding carboxylic acids is 1. The van der Waals surface area contributed by atoms with Gasteiger partial charge in [0.2, 0.25) is 0 Å². The van der Waals surface area contributed by atoms with Crippen molar-refractivity contribution in [1.29, 1.82) is 0 Å². The molecule has 0 spiro atoms. The predicted molar refractivity (Wildman–Crippen MR) is 54.3 cm³/mol. The van der Waals surface area contributed by atoms with E-state index in [1.54, 1.807) is 0 Å². The second kappa shape index (κ2) is 4.38. The number of benzene rings is 1. The van der Waals surface area contributed by atoms with Crippen LogP contribution in [-0.2, 0) is 0 Å². The summed E-state index contributed by atoms with van der Waals surface area (Å²) >= 11 is 0. The summed E-state index contributed by atoms with van der Waals surface area (Å²) in [6.45, 7) is -0.175. The van der Waals surface area contributed by atoms with Crippen LogP contribution in [-0.4, -0.2) is 46.3 Å². The number of β-amino-alcohol motifs (C(OH)–C–C–N with tert-alkyl or cyclic N) is 2. The van der Waals surface area contributed by atoms with Crippen molar-refractivity contribution in [2.75, 3.05) is 13.1 Å². The van der Waals surface area contributed by atoms with Gasteiger partial charge in [0, 0.05) is 13.1 Å². The Hall–Kier alpha value is -1.53. The zero-order valence-corrected chi connectivity index (χ0v) is 8.81. The van der Waals surface area contributed by atoms with Gasteiger partial charge >= 0.3 is 0 Å². The van der Waals surface area contributed by atoms with Gasteiger partial charge in [-0.1, -0.05) is 0 Å². The third kappa shape index (κ3) is 2.27. The highest BCUT2D eigenvalue weighted by Crippen LogP contribution is 2.17. The van der Waals surface area contributed by atoms with Gasteiger partial charge in [-0.25, -0.2) is 8.78 Å². The average molecular weight is 243 g/mol. The molecule has 1 fully saturated rings. The summed E-state index contributed by atoms with van der Waals surface area (Å²) in [5.74, 6) is -2.28. The van der Waals surface area contributed by atoms with Gasteiger partial charge in [-0.15, -0.1) is 0 Å². The van der Waals surface area contributed by atoms with Crippen LogP contribution in [0.15, 0.2) is 18.2 Å². The van der Waals surface area contributed by atoms with Gasteiger partial charge in [0.25, 0.3) is 5.91 Å². The normalized spacial score (nSPS) is 24.1. The van der Waals surface area contributed by atoms with Gasteiger partial charge in [-0.05, 0) is 18.2 Å². The first-order valence-electron chi connectivity index (χ1n) is 5.09. The number of aliphatic hydroxyl groups is 2. The lowest BCUT2D eigenvalue weighted by atomic mass is 10.2. The summed E-state index contributed by atoms with van der Waals surface area (Å²) in [6, 6.07) is 2.58. The largest absolute Gasteiger partial charge is 0.388 e. The smallest absolute Gasteiger partial charge is 0.257 e. The Morgan fingerprint density at radius 1 is 1.24 bits per heavy atom. The molecule has 1 heterocycles. The Bertz CT molecular complexity index is 442. The SMILES string of the molecule is O=C(c1cc(F)ccc1F)N1CC(O)C(O)C1. The second-order valence-corrected chi connectivity index (χ2v) is 3.97. The van der Waals surface area contributed by atoms with Gasteiger partial charge in [-0.2, -0.15) is 0 Å². The summed E-state index contributed by atoms with van der Waals surface area (Å²) < 4.78 is 26.2. The number of halogens is 2. The first-order valence-corrected chi connectivity index (χ1v) is 5.09. The van der Waals surface area contributed by atoms with E-state index in [0.717, 1.165) is 23.1 Å². The first-order chi connectivity index (χ1) is 7.99. The van der Waals surface area contributed by atoms with Gasteiger partial charge < -0.3 is 15.1 Å². The van der Waals surface area contributed by atoms with E-state index < -0.39 is 35.3 Å². The standard InChI is InChI=1S/C11H11F2NO3/c12-6-1-2-8(13)7(3-6)11(17)14-4-9(15)10(16)5-14/h1-3,9-10,15-16H,4-5H2. The van der Waals surface area contributed by atoms with E-state index >= 15 is 0 Å². The molecule has 0 saturated carbocycles. The van der Waals surface area contributed by atoms with Crippen LogP contribution in [0.5, 0.6) is 0 Å². The van der Waals surface area contributed by atoms with Crippen LogP contribution in [0.3, 0.4) is 0 Å². The number of hydrogen-bond donors (Lipinski definition) is 2. The van der Waals surface area contributed by atoms with Gasteiger partial charge in [0.05, 0.1) is 17.8 Å². The van der Waals surface area contributed by atoms with Gasteiger partial charge in [-0.3, -0.25) is 4.79 Å². The van der Waals surface area contributed by atoms with Crippen molar-refractivity contribution in [2.45, 2.75) is 12.2 Å². The lowest BCUT2D eigenvalue weighted by Gasteiger charge is -2.15. The molecule has 2 unspecified atom stereocenters. The molecule has 17 heavy (non-hydrogen) atoms. The summed E-state index contributed by atoms with van der Waals surface area (Å²) in [7, 11) is 0. The zero-order valence-electron chi connectivity index (χ0n) is 8.81. The molecule has 4 nitrogen and oxygen atoms in total. The van der Waals surface area contributed by atoms with E-state index in [4.69, 9.17) is 0 Å². The van der Waals surface area contributed by atoms with E-state index in [0.29, 0.717) is 0 Å². The van der Waals surface area contributed by atoms with Crippen LogP contribution < -0.4 is 0 Å². The molecule has 1 aliphatic rings. The first kappa shape index (κ1) is 11.9. The van der Waals surface area contributed by atoms with E-state index in [1.807, 2.05) is 0 Å². The Morgan fingerprint density at radius 3 is 2.41 bits per heavy atom. The van der Waals surface area contributed by atoms with Crippen LogP contribution >= 0.6 is 0 Å². The molecule has 1 aliphatic heterocycles. The molecular weight excluding hydrogens is 232 g/mol. The zero-order chi connectivity index (χ0) is 12.6. The van der Waals surface area contributed by atoms with E-state index in [9.17, 15) is 23.8 Å². The molecule has 0 bridgehead atoms. The minimum atomic E-state index is -1.05. The van der Waals surface area contributed by atoms with Gasteiger partial charge in [0.1, 0.15) is 11.6 Å². The summed E-state index contributed by atoms with van der Waals surface area (Å²) in [4.78, 5) is 12.9. The van der Waals surface area contributed by atoms with Crippen LogP contribution in [0.4, 0.5) is 8.78 Å². The quantitative estimate of drug-likeness (QED) is 0.737. The number of aliphatic hydroxyl groups excluding tert-OH is 2. The molecule has 2 N–H and O–H groups in total. The average Bonchev–Trinajstić information content (AvgIpc) is 2.62. The lowest BCUT2D eigenvalue weighted by Crippen LogP contribution is -2.30. The molecule has 92 valence electrons. The lowest BCUT2D eigenvalue weighted by molar-refractivity contribution is 0.0572. The van der Waals surface area contributed by atoms with Crippen molar-refractivity contribution in [1.82, 2.24) is 4.90 Å². The van der Waals surface area contributed by atoms with Crippen LogP contribution in [0.2, 0.25) is 0 Å². The molecule has 0 radical (unpaired) electrons. The predicted octanol–water partition coefficient (Wildman–Crippen LogP) is 0.142. The fraction of sp³-hybridized carbons (Fsp3) is 0.364. The molecule has 1 saturated heterocycles. The maximum Gasteiger partial charge on any atom is 0.257 e. The molecule has 2 atom stereocenters. The fourth-order valence-electron chi connectivity index (χ4n) is 1.77. The van der Waals surface area contributed by atoms with E-state index in [1.165, 1.54) is 0 Å². The molecule has 0 aromatic heterocycles. The Morgan fingerprint density at radius 2 is 1.82 bits per heavy atom. The summed E-state index contributed by atoms with van der Waals surface area (Å²) in [6.07, 6.45) is -2.09. The van der Waals surface area contributed by atoms with Crippen molar-refractivity contribution in [3.63, 3.8) is 0 Å². The van der Waals surface area contributed by atoms with Crippen molar-refractivity contribution < 1.29 is 23.8 Å². The minimum Gasteiger partial charge on any atom is -0.388 e. The highest BCUT2D eigenvalue weighted by atomic mass is 19.1. The topological polar surface area (TPSA) is 60.8 Å². The van der Waals surface area contributed by atoms with Crippen molar-refractivity contribution >= 4 is 5.91 Å². The van der Waals surface area contributed by atoms with Crippen molar-refractivity contribution in [3.05, 3.63) is 35.4 Å². The number of carbonyl (C=O) groups is 1. The maximum absolute atomic E-state index is 13.3. The molecule has 0 aliphatic carbocycles. The van der Waals surface area contributed by atoms with Crippen LogP contribution in [0, 0.1) is 11.6 Å². The Kier molecular flexibility index (Phi) is 3.08. The Labute approximate surface area is 96.1 Å². The monoisotopic (exact) mass is 243 g/mol. The number of amides is 1. The fourth-order valence-corrected chi connectivity index (χ4v) is 1.77. The number of nitrogens with zero attached hydrogens (tertiary/aromatic N) is 1. The molecule has 1 aromatic carbocycles. The maximum atomic E-state index is 13.3. The molecule has 6 heteroatoms. The molecule has 2 rings (SSSR count). The molecular formula is C11H11F2NO3. The van der Waals surface area contributed by atoms with Crippen LogP contribution in [0.25, 0.3) is 0 Å². The number of hydrogen-bond acceptors (Lipinski definition) is 3. The highest BCUT2D eigenvalue weighted by Gasteiger charge is 2.33. The minimum absolute atomic E-state index is 0.0873. The van der Waals surface area contributed by atoms with E-state index in [2.05, 4.69) is 0 Å². The summed E-state index contributed by atoms with van der Waals surface area (Å²) in [5.41, 5.74) is -0.397. The molecule has 1 amide bonds. The number of likely N-dealkylation sites (tertiary alicyclic amines) is 1.